The SMILES string of the molecule is Cc1cccc(OCCNC(=O)COc2cccc(C#N)c2)c1. The number of hydrogen-bond acceptors (Lipinski definition) is 4. The second-order valence-corrected chi connectivity index (χ2v) is 4.94. The molecule has 23 heavy (non-hydrogen) atoms. The largest absolute Gasteiger partial charge is 0.492 e. The molecule has 5 nitrogen and oxygen atoms in total. The van der Waals surface area contributed by atoms with Gasteiger partial charge in [-0.2, -0.15) is 5.26 Å². The number of rotatable bonds is 7. The van der Waals surface area contributed by atoms with E-state index >= 15 is 0 Å². The molecule has 0 aromatic heterocycles. The third kappa shape index (κ3) is 5.71. The molecule has 118 valence electrons. The highest BCUT2D eigenvalue weighted by atomic mass is 16.5. The first-order valence-corrected chi connectivity index (χ1v) is 7.26. The van der Waals surface area contributed by atoms with Crippen molar-refractivity contribution in [2.45, 2.75) is 6.92 Å². The summed E-state index contributed by atoms with van der Waals surface area (Å²) in [6, 6.07) is 16.4. The van der Waals surface area contributed by atoms with E-state index in [1.807, 2.05) is 37.3 Å². The zero-order valence-corrected chi connectivity index (χ0v) is 12.9. The third-order valence-electron chi connectivity index (χ3n) is 3.02. The molecular formula is C18H18N2O3. The summed E-state index contributed by atoms with van der Waals surface area (Å²) in [5.74, 6) is 1.04. The highest BCUT2D eigenvalue weighted by Gasteiger charge is 2.03. The second kappa shape index (κ2) is 8.44. The fraction of sp³-hybridized carbons (Fsp3) is 0.222. The molecule has 0 saturated heterocycles. The standard InChI is InChI=1S/C18H18N2O3/c1-14-4-2-6-16(10-14)22-9-8-20-18(21)13-23-17-7-3-5-15(11-17)12-19/h2-7,10-11H,8-9,13H2,1H3,(H,20,21). The van der Waals surface area contributed by atoms with Crippen molar-refractivity contribution in [2.24, 2.45) is 0 Å². The van der Waals surface area contributed by atoms with Crippen molar-refractivity contribution in [3.05, 3.63) is 59.7 Å². The van der Waals surface area contributed by atoms with E-state index in [1.54, 1.807) is 24.3 Å². The number of nitrogens with one attached hydrogen (secondary N) is 1. The molecule has 0 atom stereocenters. The first-order valence-electron chi connectivity index (χ1n) is 7.26. The predicted molar refractivity (Wildman–Crippen MR) is 86.3 cm³/mol. The number of amides is 1. The maximum absolute atomic E-state index is 11.7. The Bertz CT molecular complexity index is 707. The van der Waals surface area contributed by atoms with Crippen molar-refractivity contribution >= 4 is 5.91 Å². The van der Waals surface area contributed by atoms with Gasteiger partial charge in [0.25, 0.3) is 5.91 Å². The van der Waals surface area contributed by atoms with Gasteiger partial charge in [-0.05, 0) is 42.8 Å². The molecular weight excluding hydrogens is 292 g/mol. The maximum Gasteiger partial charge on any atom is 0.258 e. The summed E-state index contributed by atoms with van der Waals surface area (Å²) in [6.45, 7) is 2.68. The molecule has 0 aliphatic heterocycles. The van der Waals surface area contributed by atoms with Gasteiger partial charge < -0.3 is 14.8 Å². The van der Waals surface area contributed by atoms with Gasteiger partial charge in [-0.25, -0.2) is 0 Å². The Kier molecular flexibility index (Phi) is 6.01. The fourth-order valence-corrected chi connectivity index (χ4v) is 1.92. The molecule has 0 aliphatic carbocycles. The van der Waals surface area contributed by atoms with Crippen LogP contribution in [0.5, 0.6) is 11.5 Å². The summed E-state index contributed by atoms with van der Waals surface area (Å²) in [6.07, 6.45) is 0. The number of nitrogens with zero attached hydrogens (tertiary/aromatic N) is 1. The van der Waals surface area contributed by atoms with E-state index in [1.165, 1.54) is 0 Å². The quantitative estimate of drug-likeness (QED) is 0.797. The second-order valence-electron chi connectivity index (χ2n) is 4.94. The van der Waals surface area contributed by atoms with Crippen molar-refractivity contribution in [1.82, 2.24) is 5.32 Å². The van der Waals surface area contributed by atoms with Crippen LogP contribution in [0.2, 0.25) is 0 Å². The predicted octanol–water partition coefficient (Wildman–Crippen LogP) is 2.44. The van der Waals surface area contributed by atoms with Crippen LogP contribution in [0, 0.1) is 18.3 Å². The number of aryl methyl sites for hydroxylation is 1. The molecule has 2 aromatic rings. The van der Waals surface area contributed by atoms with Crippen LogP contribution < -0.4 is 14.8 Å². The average molecular weight is 310 g/mol. The number of hydrogen-bond donors (Lipinski definition) is 1. The van der Waals surface area contributed by atoms with E-state index in [-0.39, 0.29) is 12.5 Å². The zero-order chi connectivity index (χ0) is 16.5. The lowest BCUT2D eigenvalue weighted by molar-refractivity contribution is -0.123. The normalized spacial score (nSPS) is 9.74. The summed E-state index contributed by atoms with van der Waals surface area (Å²) < 4.78 is 10.9. The summed E-state index contributed by atoms with van der Waals surface area (Å²) in [5, 5.41) is 11.5. The lowest BCUT2D eigenvalue weighted by Crippen LogP contribution is -2.32. The van der Waals surface area contributed by atoms with E-state index in [2.05, 4.69) is 5.32 Å². The van der Waals surface area contributed by atoms with Gasteiger partial charge in [0.2, 0.25) is 0 Å². The molecule has 5 heteroatoms. The first-order chi connectivity index (χ1) is 11.2. The Morgan fingerprint density at radius 3 is 2.61 bits per heavy atom. The van der Waals surface area contributed by atoms with Crippen LogP contribution in [-0.4, -0.2) is 25.7 Å². The van der Waals surface area contributed by atoms with E-state index < -0.39 is 0 Å². The van der Waals surface area contributed by atoms with E-state index in [4.69, 9.17) is 14.7 Å². The number of ether oxygens (including phenoxy) is 2. The Labute approximate surface area is 135 Å². The number of benzene rings is 2. The van der Waals surface area contributed by atoms with E-state index in [0.717, 1.165) is 11.3 Å². The molecule has 0 heterocycles. The van der Waals surface area contributed by atoms with Gasteiger partial charge in [-0.15, -0.1) is 0 Å². The van der Waals surface area contributed by atoms with Crippen LogP contribution in [0.1, 0.15) is 11.1 Å². The molecule has 1 amide bonds. The minimum absolute atomic E-state index is 0.0979. The molecule has 0 bridgehead atoms. The van der Waals surface area contributed by atoms with Crippen molar-refractivity contribution < 1.29 is 14.3 Å². The molecule has 1 N–H and O–H groups in total. The van der Waals surface area contributed by atoms with Crippen molar-refractivity contribution in [2.75, 3.05) is 19.8 Å². The van der Waals surface area contributed by atoms with Gasteiger partial charge in [0, 0.05) is 0 Å². The van der Waals surface area contributed by atoms with Crippen LogP contribution in [0.15, 0.2) is 48.5 Å². The topological polar surface area (TPSA) is 71.3 Å². The molecule has 0 spiro atoms. The summed E-state index contributed by atoms with van der Waals surface area (Å²) in [4.78, 5) is 11.7. The Morgan fingerprint density at radius 1 is 1.13 bits per heavy atom. The van der Waals surface area contributed by atoms with Crippen LogP contribution >= 0.6 is 0 Å². The lowest BCUT2D eigenvalue weighted by Gasteiger charge is -2.09. The summed E-state index contributed by atoms with van der Waals surface area (Å²) >= 11 is 0. The Hall–Kier alpha value is -3.00. The van der Waals surface area contributed by atoms with Gasteiger partial charge in [-0.3, -0.25) is 4.79 Å². The van der Waals surface area contributed by atoms with E-state index in [9.17, 15) is 4.79 Å². The highest BCUT2D eigenvalue weighted by molar-refractivity contribution is 5.77. The molecule has 0 radical (unpaired) electrons. The molecule has 0 aliphatic rings. The highest BCUT2D eigenvalue weighted by Crippen LogP contribution is 2.12. The Morgan fingerprint density at radius 2 is 1.87 bits per heavy atom. The van der Waals surface area contributed by atoms with Crippen molar-refractivity contribution in [3.8, 4) is 17.6 Å². The molecule has 0 saturated carbocycles. The molecule has 2 aromatic carbocycles. The van der Waals surface area contributed by atoms with Gasteiger partial charge in [-0.1, -0.05) is 18.2 Å². The van der Waals surface area contributed by atoms with Crippen LogP contribution in [-0.2, 0) is 4.79 Å². The minimum atomic E-state index is -0.236. The smallest absolute Gasteiger partial charge is 0.258 e. The minimum Gasteiger partial charge on any atom is -0.492 e. The fourth-order valence-electron chi connectivity index (χ4n) is 1.92. The molecule has 2 rings (SSSR count). The average Bonchev–Trinajstić information content (AvgIpc) is 2.57. The maximum atomic E-state index is 11.7. The molecule has 0 fully saturated rings. The van der Waals surface area contributed by atoms with Crippen LogP contribution in [0.25, 0.3) is 0 Å². The summed E-state index contributed by atoms with van der Waals surface area (Å²) in [7, 11) is 0. The third-order valence-corrected chi connectivity index (χ3v) is 3.02. The lowest BCUT2D eigenvalue weighted by atomic mass is 10.2. The van der Waals surface area contributed by atoms with Crippen LogP contribution in [0.4, 0.5) is 0 Å². The monoisotopic (exact) mass is 310 g/mol. The molecule has 0 unspecified atom stereocenters. The van der Waals surface area contributed by atoms with Gasteiger partial charge in [0.05, 0.1) is 18.2 Å². The number of carbonyl (C=O) groups excluding carboxylic acids is 1. The van der Waals surface area contributed by atoms with Crippen LogP contribution in [0.3, 0.4) is 0 Å². The van der Waals surface area contributed by atoms with Gasteiger partial charge in [0.15, 0.2) is 6.61 Å². The van der Waals surface area contributed by atoms with E-state index in [0.29, 0.717) is 24.5 Å². The van der Waals surface area contributed by atoms with Gasteiger partial charge in [0.1, 0.15) is 18.1 Å². The first kappa shape index (κ1) is 16.4. The Balaban J connectivity index is 1.66. The zero-order valence-electron chi connectivity index (χ0n) is 12.9. The summed E-state index contributed by atoms with van der Waals surface area (Å²) in [5.41, 5.74) is 1.62. The number of carbonyl (C=O) groups is 1. The van der Waals surface area contributed by atoms with Crippen molar-refractivity contribution in [3.63, 3.8) is 0 Å². The van der Waals surface area contributed by atoms with Crippen molar-refractivity contribution in [1.29, 1.82) is 5.26 Å². The number of nitriles is 1. The van der Waals surface area contributed by atoms with Gasteiger partial charge >= 0.3 is 0 Å².